The molecule has 12 heteroatoms. The number of halogens is 7. The largest absolute Gasteiger partial charge is 0.490 e. The average Bonchev–Trinajstić information content (AvgIpc) is 2.65. The summed E-state index contributed by atoms with van der Waals surface area (Å²) in [6, 6.07) is 2.19. The molecule has 0 saturated heterocycles. The molecule has 0 bridgehead atoms. The van der Waals surface area contributed by atoms with Crippen molar-refractivity contribution in [3.63, 3.8) is 0 Å². The van der Waals surface area contributed by atoms with Gasteiger partial charge in [-0.1, -0.05) is 0 Å². The molecule has 29 heavy (non-hydrogen) atoms. The number of aliphatic hydroxyl groups excluding tert-OH is 1. The topological polar surface area (TPSA) is 63.6 Å². The number of aliphatic hydroxyl groups is 1. The zero-order chi connectivity index (χ0) is 21.4. The van der Waals surface area contributed by atoms with Crippen molar-refractivity contribution < 1.29 is 45.3 Å². The van der Waals surface area contributed by atoms with E-state index in [2.05, 4.69) is 15.0 Å². The minimum absolute atomic E-state index is 0.0571. The number of alkyl halides is 5. The first-order valence-corrected chi connectivity index (χ1v) is 8.10. The second-order valence-electron chi connectivity index (χ2n) is 6.15. The molecule has 1 unspecified atom stereocenters. The van der Waals surface area contributed by atoms with E-state index in [-0.39, 0.29) is 18.6 Å². The number of nitrogens with one attached hydrogen (secondary N) is 1. The van der Waals surface area contributed by atoms with Gasteiger partial charge in [0, 0.05) is 18.2 Å². The van der Waals surface area contributed by atoms with Gasteiger partial charge in [-0.05, 0) is 18.2 Å². The Labute approximate surface area is 159 Å². The summed E-state index contributed by atoms with van der Waals surface area (Å²) in [5, 5.41) is 12.5. The molecule has 0 aliphatic carbocycles. The van der Waals surface area contributed by atoms with E-state index < -0.39 is 59.4 Å². The highest BCUT2D eigenvalue weighted by molar-refractivity contribution is 5.57. The first-order valence-electron chi connectivity index (χ1n) is 8.10. The Morgan fingerprint density at radius 1 is 1.28 bits per heavy atom. The van der Waals surface area contributed by atoms with E-state index in [1.807, 2.05) is 0 Å². The number of benzene rings is 1. The lowest BCUT2D eigenvalue weighted by molar-refractivity contribution is -0.138. The summed E-state index contributed by atoms with van der Waals surface area (Å²) in [6.45, 7) is -4.42. The van der Waals surface area contributed by atoms with Gasteiger partial charge in [0.05, 0.1) is 24.3 Å². The van der Waals surface area contributed by atoms with Crippen molar-refractivity contribution in [3.05, 3.63) is 47.2 Å². The average molecular weight is 426 g/mol. The van der Waals surface area contributed by atoms with E-state index >= 15 is 0 Å². The maximum absolute atomic E-state index is 14.1. The van der Waals surface area contributed by atoms with Gasteiger partial charge in [-0.15, -0.1) is 0 Å². The van der Waals surface area contributed by atoms with Crippen LogP contribution in [0.2, 0.25) is 0 Å². The Balaban J connectivity index is 2.08. The number of hydrogen-bond donors (Lipinski definition) is 2. The van der Waals surface area contributed by atoms with Crippen molar-refractivity contribution in [1.82, 2.24) is 4.98 Å². The molecule has 5 nitrogen and oxygen atoms in total. The molecule has 2 N–H and O–H groups in total. The van der Waals surface area contributed by atoms with E-state index in [1.54, 1.807) is 0 Å². The monoisotopic (exact) mass is 426 g/mol. The zero-order valence-corrected chi connectivity index (χ0v) is 14.4. The van der Waals surface area contributed by atoms with Crippen LogP contribution in [0.4, 0.5) is 36.6 Å². The molecule has 1 atom stereocenters. The number of pyridine rings is 1. The standard InChI is InChI=1S/C17H13F7N2O3/c18-10-2-1-9-13(12(10)19)28-4-3-16(9,7-27)26-14-11(29-15(20)21)5-8(6-25-14)17(22,23)24/h1-2,5-6,15,27H,3-4,7H2,(H,25,26). The molecule has 0 fully saturated rings. The maximum atomic E-state index is 14.1. The zero-order valence-electron chi connectivity index (χ0n) is 14.4. The van der Waals surface area contributed by atoms with Crippen LogP contribution in [-0.4, -0.2) is 29.9 Å². The van der Waals surface area contributed by atoms with Gasteiger partial charge in [-0.3, -0.25) is 0 Å². The lowest BCUT2D eigenvalue weighted by atomic mass is 9.84. The number of aromatic nitrogens is 1. The lowest BCUT2D eigenvalue weighted by Gasteiger charge is -2.39. The number of rotatable bonds is 5. The third-order valence-electron chi connectivity index (χ3n) is 4.36. The molecule has 2 heterocycles. The predicted molar refractivity (Wildman–Crippen MR) is 84.7 cm³/mol. The summed E-state index contributed by atoms with van der Waals surface area (Å²) in [4.78, 5) is 3.49. The summed E-state index contributed by atoms with van der Waals surface area (Å²) < 4.78 is 101. The van der Waals surface area contributed by atoms with Crippen LogP contribution in [0.1, 0.15) is 17.5 Å². The fourth-order valence-electron chi connectivity index (χ4n) is 2.95. The molecule has 0 spiro atoms. The first-order chi connectivity index (χ1) is 13.6. The van der Waals surface area contributed by atoms with Gasteiger partial charge in [0.2, 0.25) is 5.82 Å². The molecule has 0 radical (unpaired) electrons. The summed E-state index contributed by atoms with van der Waals surface area (Å²) >= 11 is 0. The van der Waals surface area contributed by atoms with E-state index in [0.717, 1.165) is 12.1 Å². The third-order valence-corrected chi connectivity index (χ3v) is 4.36. The smallest absolute Gasteiger partial charge is 0.418 e. The molecule has 3 rings (SSSR count). The molecule has 1 aliphatic heterocycles. The number of anilines is 1. The normalized spacial score (nSPS) is 18.9. The second kappa shape index (κ2) is 7.58. The number of fused-ring (bicyclic) bond motifs is 1. The second-order valence-corrected chi connectivity index (χ2v) is 6.15. The minimum atomic E-state index is -4.87. The Kier molecular flexibility index (Phi) is 5.48. The van der Waals surface area contributed by atoms with Gasteiger partial charge in [-0.25, -0.2) is 9.37 Å². The summed E-state index contributed by atoms with van der Waals surface area (Å²) in [5.74, 6) is -4.54. The van der Waals surface area contributed by atoms with Crippen LogP contribution in [0, 0.1) is 11.6 Å². The van der Waals surface area contributed by atoms with Gasteiger partial charge >= 0.3 is 12.8 Å². The van der Waals surface area contributed by atoms with Gasteiger partial charge in [0.25, 0.3) is 0 Å². The highest BCUT2D eigenvalue weighted by Crippen LogP contribution is 2.43. The Morgan fingerprint density at radius 2 is 2.00 bits per heavy atom. The molecule has 158 valence electrons. The van der Waals surface area contributed by atoms with Gasteiger partial charge in [-0.2, -0.15) is 26.3 Å². The van der Waals surface area contributed by atoms with Crippen LogP contribution in [0.25, 0.3) is 0 Å². The lowest BCUT2D eigenvalue weighted by Crippen LogP contribution is -2.44. The van der Waals surface area contributed by atoms with Crippen LogP contribution in [0.15, 0.2) is 24.4 Å². The van der Waals surface area contributed by atoms with E-state index in [9.17, 15) is 35.8 Å². The van der Waals surface area contributed by atoms with Gasteiger partial charge < -0.3 is 19.9 Å². The Bertz CT molecular complexity index is 907. The molecule has 1 aromatic heterocycles. The van der Waals surface area contributed by atoms with Gasteiger partial charge in [0.1, 0.15) is 0 Å². The summed E-state index contributed by atoms with van der Waals surface area (Å²) in [6.07, 6.45) is -4.54. The quantitative estimate of drug-likeness (QED) is 0.707. The van der Waals surface area contributed by atoms with Crippen molar-refractivity contribution in [3.8, 4) is 11.5 Å². The van der Waals surface area contributed by atoms with Crippen LogP contribution in [-0.2, 0) is 11.7 Å². The number of hydrogen-bond acceptors (Lipinski definition) is 5. The van der Waals surface area contributed by atoms with Crippen molar-refractivity contribution in [2.24, 2.45) is 0 Å². The fraction of sp³-hybridized carbons (Fsp3) is 0.353. The molecule has 1 aromatic carbocycles. The van der Waals surface area contributed by atoms with Gasteiger partial charge in [0.15, 0.2) is 23.1 Å². The first kappa shape index (κ1) is 21.0. The third kappa shape index (κ3) is 4.02. The molecule has 0 saturated carbocycles. The van der Waals surface area contributed by atoms with Crippen molar-refractivity contribution >= 4 is 5.82 Å². The molecular weight excluding hydrogens is 413 g/mol. The Morgan fingerprint density at radius 3 is 2.62 bits per heavy atom. The predicted octanol–water partition coefficient (Wildman–Crippen LogP) is 4.06. The summed E-state index contributed by atoms with van der Waals surface area (Å²) in [5.41, 5.74) is -3.00. The van der Waals surface area contributed by atoms with Crippen LogP contribution in [0.3, 0.4) is 0 Å². The number of nitrogens with zero attached hydrogens (tertiary/aromatic N) is 1. The van der Waals surface area contributed by atoms with E-state index in [1.165, 1.54) is 0 Å². The molecular formula is C17H13F7N2O3. The molecule has 2 aromatic rings. The minimum Gasteiger partial charge on any atom is -0.490 e. The highest BCUT2D eigenvalue weighted by Gasteiger charge is 2.41. The van der Waals surface area contributed by atoms with E-state index in [0.29, 0.717) is 12.3 Å². The van der Waals surface area contributed by atoms with Crippen LogP contribution in [0.5, 0.6) is 11.5 Å². The van der Waals surface area contributed by atoms with E-state index in [4.69, 9.17) is 4.74 Å². The summed E-state index contributed by atoms with van der Waals surface area (Å²) in [7, 11) is 0. The van der Waals surface area contributed by atoms with Crippen molar-refractivity contribution in [2.75, 3.05) is 18.5 Å². The SMILES string of the molecule is OCC1(Nc2ncc(C(F)(F)F)cc2OC(F)F)CCOc2c1ccc(F)c2F. The molecule has 0 amide bonds. The molecule has 1 aliphatic rings. The van der Waals surface area contributed by atoms with Crippen LogP contribution < -0.4 is 14.8 Å². The van der Waals surface area contributed by atoms with Crippen LogP contribution >= 0.6 is 0 Å². The Hall–Kier alpha value is -2.76. The van der Waals surface area contributed by atoms with Crippen molar-refractivity contribution in [1.29, 1.82) is 0 Å². The fourth-order valence-corrected chi connectivity index (χ4v) is 2.95. The number of ether oxygens (including phenoxy) is 2. The maximum Gasteiger partial charge on any atom is 0.418 e. The van der Waals surface area contributed by atoms with Crippen molar-refractivity contribution in [2.45, 2.75) is 24.7 Å². The highest BCUT2D eigenvalue weighted by atomic mass is 19.4.